The minimum absolute atomic E-state index is 0.0904. The second-order valence-electron chi connectivity index (χ2n) is 3.81. The van der Waals surface area contributed by atoms with Gasteiger partial charge in [0, 0.05) is 5.69 Å². The van der Waals surface area contributed by atoms with Crippen LogP contribution < -0.4 is 10.5 Å². The number of anilines is 1. The molecule has 2 N–H and O–H groups in total. The number of para-hydroxylation sites is 1. The van der Waals surface area contributed by atoms with E-state index in [-0.39, 0.29) is 10.6 Å². The summed E-state index contributed by atoms with van der Waals surface area (Å²) in [4.78, 5) is 0.0904. The lowest BCUT2D eigenvalue weighted by Gasteiger charge is -2.24. The van der Waals surface area contributed by atoms with Crippen LogP contribution in [0.3, 0.4) is 0 Å². The molecular formula is C13H13N2O3S-. The summed E-state index contributed by atoms with van der Waals surface area (Å²) >= 11 is 0. The molecule has 0 aliphatic rings. The maximum Gasteiger partial charge on any atom is 0.123 e. The van der Waals surface area contributed by atoms with Crippen LogP contribution in [-0.4, -0.2) is 15.5 Å². The fraction of sp³-hybridized carbons (Fsp3) is 0.0769. The normalized spacial score (nSPS) is 11.0. The second kappa shape index (κ2) is 5.19. The molecule has 19 heavy (non-hydrogen) atoms. The largest absolute Gasteiger partial charge is 0.570 e. The molecule has 0 fully saturated rings. The summed E-state index contributed by atoms with van der Waals surface area (Å²) in [5, 5.41) is 0. The van der Waals surface area contributed by atoms with Gasteiger partial charge in [0.2, 0.25) is 0 Å². The van der Waals surface area contributed by atoms with Crippen LogP contribution in [0, 0.1) is 0 Å². The molecule has 2 aromatic carbocycles. The Morgan fingerprint density at radius 2 is 1.68 bits per heavy atom. The van der Waals surface area contributed by atoms with Crippen LogP contribution in [-0.2, 0) is 10.0 Å². The van der Waals surface area contributed by atoms with E-state index in [2.05, 4.69) is 4.72 Å². The van der Waals surface area contributed by atoms with Crippen molar-refractivity contribution >= 4 is 21.4 Å². The van der Waals surface area contributed by atoms with E-state index in [1.54, 1.807) is 24.3 Å². The third-order valence-electron chi connectivity index (χ3n) is 2.48. The molecule has 0 heterocycles. The van der Waals surface area contributed by atoms with Crippen molar-refractivity contribution in [1.29, 1.82) is 0 Å². The van der Waals surface area contributed by atoms with Crippen molar-refractivity contribution in [3.05, 3.63) is 53.3 Å². The highest BCUT2D eigenvalue weighted by atomic mass is 32.2. The third kappa shape index (κ3) is 2.97. The van der Waals surface area contributed by atoms with E-state index in [9.17, 15) is 8.42 Å². The van der Waals surface area contributed by atoms with Gasteiger partial charge in [-0.25, -0.2) is 8.42 Å². The lowest BCUT2D eigenvalue weighted by molar-refractivity contribution is 0.417. The molecule has 0 spiro atoms. The maximum absolute atomic E-state index is 12.1. The highest BCUT2D eigenvalue weighted by Gasteiger charge is 2.05. The summed E-state index contributed by atoms with van der Waals surface area (Å²) in [6.07, 6.45) is 0. The number of benzene rings is 2. The first kappa shape index (κ1) is 13.2. The molecule has 0 aliphatic heterocycles. The Bertz CT molecular complexity index is 667. The Labute approximate surface area is 112 Å². The van der Waals surface area contributed by atoms with Gasteiger partial charge in [0.05, 0.1) is 12.0 Å². The minimum atomic E-state index is -3.77. The van der Waals surface area contributed by atoms with Crippen LogP contribution in [0.5, 0.6) is 5.75 Å². The highest BCUT2D eigenvalue weighted by molar-refractivity contribution is 7.94. The summed E-state index contributed by atoms with van der Waals surface area (Å²) < 4.78 is 33.1. The maximum atomic E-state index is 12.1. The molecule has 5 nitrogen and oxygen atoms in total. The van der Waals surface area contributed by atoms with Crippen molar-refractivity contribution in [3.8, 4) is 5.75 Å². The molecule has 0 radical (unpaired) electrons. The number of rotatable bonds is 4. The van der Waals surface area contributed by atoms with Gasteiger partial charge in [-0.1, -0.05) is 23.9 Å². The minimum Gasteiger partial charge on any atom is -0.570 e. The van der Waals surface area contributed by atoms with Gasteiger partial charge in [0.1, 0.15) is 15.8 Å². The van der Waals surface area contributed by atoms with Crippen molar-refractivity contribution in [2.24, 2.45) is 0 Å². The zero-order valence-electron chi connectivity index (χ0n) is 10.3. The van der Waals surface area contributed by atoms with Gasteiger partial charge in [-0.3, -0.25) is 0 Å². The summed E-state index contributed by atoms with van der Waals surface area (Å²) in [7, 11) is -2.31. The average molecular weight is 277 g/mol. The van der Waals surface area contributed by atoms with Crippen molar-refractivity contribution < 1.29 is 13.2 Å². The summed E-state index contributed by atoms with van der Waals surface area (Å²) in [5.74, 6) is 0.404. The third-order valence-corrected chi connectivity index (χ3v) is 3.79. The summed E-state index contributed by atoms with van der Waals surface area (Å²) in [6, 6.07) is 12.5. The first-order chi connectivity index (χ1) is 9.03. The van der Waals surface area contributed by atoms with Crippen LogP contribution in [0.1, 0.15) is 0 Å². The van der Waals surface area contributed by atoms with Crippen LogP contribution in [0.15, 0.2) is 53.4 Å². The molecule has 0 saturated heterocycles. The van der Waals surface area contributed by atoms with Gasteiger partial charge in [-0.2, -0.15) is 0 Å². The molecule has 6 heteroatoms. The Hall–Kier alpha value is -2.21. The quantitative estimate of drug-likeness (QED) is 0.871. The lowest BCUT2D eigenvalue weighted by atomic mass is 10.3. The number of methoxy groups -OCH3 is 1. The molecule has 2 rings (SSSR count). The molecule has 0 amide bonds. The summed E-state index contributed by atoms with van der Waals surface area (Å²) in [5.41, 5.74) is 6.28. The van der Waals surface area contributed by atoms with Crippen molar-refractivity contribution in [2.75, 3.05) is 12.8 Å². The van der Waals surface area contributed by atoms with Crippen LogP contribution in [0.25, 0.3) is 4.72 Å². The number of nitrogens with two attached hydrogens (primary N) is 1. The first-order valence-electron chi connectivity index (χ1n) is 5.49. The fourth-order valence-corrected chi connectivity index (χ4v) is 2.52. The predicted octanol–water partition coefficient (Wildman–Crippen LogP) is 2.67. The Morgan fingerprint density at radius 3 is 2.32 bits per heavy atom. The van der Waals surface area contributed by atoms with E-state index >= 15 is 0 Å². The zero-order chi connectivity index (χ0) is 13.9. The number of ether oxygens (including phenoxy) is 1. The van der Waals surface area contributed by atoms with E-state index in [0.29, 0.717) is 11.4 Å². The Balaban J connectivity index is 2.34. The van der Waals surface area contributed by atoms with Crippen molar-refractivity contribution in [2.45, 2.75) is 4.90 Å². The number of hydrogen-bond acceptors (Lipinski definition) is 4. The van der Waals surface area contributed by atoms with Crippen LogP contribution >= 0.6 is 0 Å². The molecule has 2 aromatic rings. The van der Waals surface area contributed by atoms with Gasteiger partial charge in [0.15, 0.2) is 0 Å². The van der Waals surface area contributed by atoms with E-state index in [1.807, 2.05) is 0 Å². The lowest BCUT2D eigenvalue weighted by Crippen LogP contribution is -1.98. The average Bonchev–Trinajstić information content (AvgIpc) is 2.39. The second-order valence-corrected chi connectivity index (χ2v) is 5.41. The summed E-state index contributed by atoms with van der Waals surface area (Å²) in [6.45, 7) is 0. The zero-order valence-corrected chi connectivity index (χ0v) is 11.1. The molecule has 0 aromatic heterocycles. The van der Waals surface area contributed by atoms with Gasteiger partial charge in [-0.05, 0) is 30.3 Å². The SMILES string of the molecule is COc1ccccc1[N-]S(=O)(=O)c1ccc(N)cc1. The van der Waals surface area contributed by atoms with E-state index < -0.39 is 10.0 Å². The molecular weight excluding hydrogens is 264 g/mol. The van der Waals surface area contributed by atoms with Gasteiger partial charge in [0.25, 0.3) is 0 Å². The number of sulfonamides is 1. The molecule has 0 aliphatic carbocycles. The fourth-order valence-electron chi connectivity index (χ4n) is 1.53. The molecule has 0 saturated carbocycles. The van der Waals surface area contributed by atoms with E-state index in [1.165, 1.54) is 31.4 Å². The molecule has 0 bridgehead atoms. The predicted molar refractivity (Wildman–Crippen MR) is 74.1 cm³/mol. The van der Waals surface area contributed by atoms with Gasteiger partial charge >= 0.3 is 0 Å². The number of hydrogen-bond donors (Lipinski definition) is 1. The first-order valence-corrected chi connectivity index (χ1v) is 6.93. The number of nitrogen functional groups attached to an aromatic ring is 1. The van der Waals surface area contributed by atoms with E-state index in [0.717, 1.165) is 0 Å². The highest BCUT2D eigenvalue weighted by Crippen LogP contribution is 2.35. The van der Waals surface area contributed by atoms with Gasteiger partial charge < -0.3 is 15.2 Å². The van der Waals surface area contributed by atoms with Gasteiger partial charge in [-0.15, -0.1) is 0 Å². The number of nitrogens with zero attached hydrogens (tertiary/aromatic N) is 1. The standard InChI is InChI=1S/C13H13N2O3S/c1-18-13-5-3-2-4-12(13)15-19(16,17)11-8-6-10(14)7-9-11/h2-9H,14H2,1H3/q-1. The Kier molecular flexibility index (Phi) is 3.62. The monoisotopic (exact) mass is 277 g/mol. The Morgan fingerprint density at radius 1 is 1.05 bits per heavy atom. The molecule has 100 valence electrons. The van der Waals surface area contributed by atoms with Crippen LogP contribution in [0.2, 0.25) is 0 Å². The van der Waals surface area contributed by atoms with E-state index in [4.69, 9.17) is 10.5 Å². The molecule has 0 atom stereocenters. The van der Waals surface area contributed by atoms with Crippen molar-refractivity contribution in [3.63, 3.8) is 0 Å². The van der Waals surface area contributed by atoms with Crippen LogP contribution in [0.4, 0.5) is 11.4 Å². The smallest absolute Gasteiger partial charge is 0.123 e. The topological polar surface area (TPSA) is 83.5 Å². The van der Waals surface area contributed by atoms with Crippen molar-refractivity contribution in [1.82, 2.24) is 0 Å². The molecule has 0 unspecified atom stereocenters.